The molecule has 1 aromatic carbocycles. The Morgan fingerprint density at radius 2 is 1.92 bits per heavy atom. The number of likely N-dealkylation sites (tertiary alicyclic amines) is 1. The highest BCUT2D eigenvalue weighted by Gasteiger charge is 2.31. The number of nitrogens with two attached hydrogens (primary N) is 1. The third-order valence-corrected chi connectivity index (χ3v) is 3.88. The molecule has 2 N–H and O–H groups in total. The average Bonchev–Trinajstić information content (AvgIpc) is 2.60. The van der Waals surface area contributed by atoms with Crippen molar-refractivity contribution in [1.82, 2.24) is 4.90 Å². The molecule has 1 heterocycles. The van der Waals surface area contributed by atoms with Crippen molar-refractivity contribution < 1.29 is 23.9 Å². The number of hydrogen-bond donors (Lipinski definition) is 1. The SMILES string of the molecule is CCOc1ccc(C(=O)OCC(=O)N2CCCC[C@@H]2C(N)=O)cc1. The smallest absolute Gasteiger partial charge is 0.338 e. The van der Waals surface area contributed by atoms with Crippen LogP contribution in [-0.4, -0.2) is 48.5 Å². The Labute approximate surface area is 140 Å². The van der Waals surface area contributed by atoms with Crippen LogP contribution in [0.2, 0.25) is 0 Å². The van der Waals surface area contributed by atoms with E-state index in [-0.39, 0.29) is 0 Å². The summed E-state index contributed by atoms with van der Waals surface area (Å²) >= 11 is 0. The van der Waals surface area contributed by atoms with Gasteiger partial charge in [0, 0.05) is 6.54 Å². The minimum Gasteiger partial charge on any atom is -0.494 e. The van der Waals surface area contributed by atoms with E-state index in [1.54, 1.807) is 24.3 Å². The summed E-state index contributed by atoms with van der Waals surface area (Å²) in [6.07, 6.45) is 2.21. The maximum absolute atomic E-state index is 12.2. The molecule has 0 unspecified atom stereocenters. The molecule has 2 rings (SSSR count). The van der Waals surface area contributed by atoms with Gasteiger partial charge in [-0.15, -0.1) is 0 Å². The topological polar surface area (TPSA) is 98.9 Å². The van der Waals surface area contributed by atoms with E-state index in [0.29, 0.717) is 30.9 Å². The molecule has 0 aliphatic carbocycles. The van der Waals surface area contributed by atoms with Crippen molar-refractivity contribution in [3.05, 3.63) is 29.8 Å². The lowest BCUT2D eigenvalue weighted by atomic mass is 10.0. The molecular formula is C17H22N2O5. The molecular weight excluding hydrogens is 312 g/mol. The summed E-state index contributed by atoms with van der Waals surface area (Å²) in [5, 5.41) is 0. The highest BCUT2D eigenvalue weighted by molar-refractivity contribution is 5.92. The molecule has 1 aromatic rings. The summed E-state index contributed by atoms with van der Waals surface area (Å²) < 4.78 is 10.3. The van der Waals surface area contributed by atoms with Gasteiger partial charge in [-0.1, -0.05) is 0 Å². The van der Waals surface area contributed by atoms with Gasteiger partial charge in [-0.2, -0.15) is 0 Å². The molecule has 0 saturated carbocycles. The van der Waals surface area contributed by atoms with E-state index in [2.05, 4.69) is 0 Å². The van der Waals surface area contributed by atoms with Gasteiger partial charge in [-0.05, 0) is 50.5 Å². The van der Waals surface area contributed by atoms with Crippen LogP contribution >= 0.6 is 0 Å². The van der Waals surface area contributed by atoms with Gasteiger partial charge in [0.25, 0.3) is 5.91 Å². The van der Waals surface area contributed by atoms with Crippen LogP contribution in [0.25, 0.3) is 0 Å². The Morgan fingerprint density at radius 3 is 2.54 bits per heavy atom. The van der Waals surface area contributed by atoms with Gasteiger partial charge in [-0.25, -0.2) is 4.79 Å². The van der Waals surface area contributed by atoms with Gasteiger partial charge in [0.05, 0.1) is 12.2 Å². The van der Waals surface area contributed by atoms with Gasteiger partial charge in [-0.3, -0.25) is 9.59 Å². The van der Waals surface area contributed by atoms with Crippen molar-refractivity contribution in [3.63, 3.8) is 0 Å². The first-order valence-electron chi connectivity index (χ1n) is 8.01. The third-order valence-electron chi connectivity index (χ3n) is 3.88. The van der Waals surface area contributed by atoms with E-state index >= 15 is 0 Å². The number of benzene rings is 1. The van der Waals surface area contributed by atoms with Crippen molar-refractivity contribution >= 4 is 17.8 Å². The molecule has 130 valence electrons. The standard InChI is InChI=1S/C17H22N2O5/c1-2-23-13-8-6-12(7-9-13)17(22)24-11-15(20)19-10-4-3-5-14(19)16(18)21/h6-9,14H,2-5,10-11H2,1H3,(H2,18,21)/t14-/m1/s1. The number of rotatable bonds is 6. The second-order valence-electron chi connectivity index (χ2n) is 5.53. The van der Waals surface area contributed by atoms with Crippen LogP contribution in [0.3, 0.4) is 0 Å². The molecule has 1 aliphatic rings. The van der Waals surface area contributed by atoms with Gasteiger partial charge in [0.2, 0.25) is 5.91 Å². The van der Waals surface area contributed by atoms with Gasteiger partial charge >= 0.3 is 5.97 Å². The summed E-state index contributed by atoms with van der Waals surface area (Å²) in [6.45, 7) is 2.45. The highest BCUT2D eigenvalue weighted by Crippen LogP contribution is 2.17. The fourth-order valence-corrected chi connectivity index (χ4v) is 2.67. The maximum atomic E-state index is 12.2. The second-order valence-corrected chi connectivity index (χ2v) is 5.53. The van der Waals surface area contributed by atoms with Gasteiger partial charge in [0.1, 0.15) is 11.8 Å². The van der Waals surface area contributed by atoms with Crippen molar-refractivity contribution in [2.75, 3.05) is 19.8 Å². The predicted molar refractivity (Wildman–Crippen MR) is 86.4 cm³/mol. The molecule has 2 amide bonds. The number of hydrogen-bond acceptors (Lipinski definition) is 5. The van der Waals surface area contributed by atoms with Crippen LogP contribution in [0.1, 0.15) is 36.5 Å². The molecule has 0 aromatic heterocycles. The van der Waals surface area contributed by atoms with Crippen LogP contribution in [0, 0.1) is 0 Å². The van der Waals surface area contributed by atoms with Crippen molar-refractivity contribution in [2.45, 2.75) is 32.2 Å². The highest BCUT2D eigenvalue weighted by atomic mass is 16.5. The van der Waals surface area contributed by atoms with Gasteiger partial charge in [0.15, 0.2) is 6.61 Å². The fourth-order valence-electron chi connectivity index (χ4n) is 2.67. The Bertz CT molecular complexity index is 600. The number of esters is 1. The molecule has 7 heteroatoms. The Hall–Kier alpha value is -2.57. The molecule has 0 spiro atoms. The summed E-state index contributed by atoms with van der Waals surface area (Å²) in [7, 11) is 0. The largest absolute Gasteiger partial charge is 0.494 e. The van der Waals surface area contributed by atoms with Crippen LogP contribution < -0.4 is 10.5 Å². The lowest BCUT2D eigenvalue weighted by molar-refractivity contribution is -0.143. The van der Waals surface area contributed by atoms with Crippen molar-refractivity contribution in [2.24, 2.45) is 5.73 Å². The summed E-state index contributed by atoms with van der Waals surface area (Å²) in [4.78, 5) is 37.0. The predicted octanol–water partition coefficient (Wildman–Crippen LogP) is 1.11. The monoisotopic (exact) mass is 334 g/mol. The first-order valence-corrected chi connectivity index (χ1v) is 8.01. The first kappa shape index (κ1) is 17.8. The van der Waals surface area contributed by atoms with E-state index in [0.717, 1.165) is 12.8 Å². The zero-order chi connectivity index (χ0) is 17.5. The minimum atomic E-state index is -0.615. The zero-order valence-electron chi connectivity index (χ0n) is 13.7. The minimum absolute atomic E-state index is 0.330. The number of carbonyl (C=O) groups excluding carboxylic acids is 3. The van der Waals surface area contributed by atoms with Crippen molar-refractivity contribution in [1.29, 1.82) is 0 Å². The Kier molecular flexibility index (Phi) is 6.17. The van der Waals surface area contributed by atoms with Crippen LogP contribution in [0.5, 0.6) is 5.75 Å². The summed E-state index contributed by atoms with van der Waals surface area (Å²) in [6, 6.07) is 5.86. The van der Waals surface area contributed by atoms with Gasteiger partial charge < -0.3 is 20.1 Å². The number of carbonyl (C=O) groups is 3. The number of ether oxygens (including phenoxy) is 2. The van der Waals surface area contributed by atoms with E-state index < -0.39 is 30.4 Å². The maximum Gasteiger partial charge on any atom is 0.338 e. The number of amides is 2. The molecule has 0 bridgehead atoms. The first-order chi connectivity index (χ1) is 11.5. The Balaban J connectivity index is 1.90. The lowest BCUT2D eigenvalue weighted by Gasteiger charge is -2.33. The molecule has 1 fully saturated rings. The number of nitrogens with zero attached hydrogens (tertiary/aromatic N) is 1. The number of piperidine rings is 1. The number of primary amides is 1. The van der Waals surface area contributed by atoms with E-state index in [9.17, 15) is 14.4 Å². The molecule has 24 heavy (non-hydrogen) atoms. The van der Waals surface area contributed by atoms with Crippen LogP contribution in [0.15, 0.2) is 24.3 Å². The third kappa shape index (κ3) is 4.47. The van der Waals surface area contributed by atoms with E-state index in [1.165, 1.54) is 4.90 Å². The second kappa shape index (κ2) is 8.33. The quantitative estimate of drug-likeness (QED) is 0.786. The Morgan fingerprint density at radius 1 is 1.21 bits per heavy atom. The molecule has 1 saturated heterocycles. The molecule has 7 nitrogen and oxygen atoms in total. The van der Waals surface area contributed by atoms with Crippen molar-refractivity contribution in [3.8, 4) is 5.75 Å². The van der Waals surface area contributed by atoms with E-state index in [4.69, 9.17) is 15.2 Å². The zero-order valence-corrected chi connectivity index (χ0v) is 13.7. The van der Waals surface area contributed by atoms with Crippen LogP contribution in [0.4, 0.5) is 0 Å². The summed E-state index contributed by atoms with van der Waals surface area (Å²) in [5.74, 6) is -0.875. The van der Waals surface area contributed by atoms with E-state index in [1.807, 2.05) is 6.92 Å². The summed E-state index contributed by atoms with van der Waals surface area (Å²) in [5.41, 5.74) is 5.66. The molecule has 1 aliphatic heterocycles. The molecule has 1 atom stereocenters. The fraction of sp³-hybridized carbons (Fsp3) is 0.471. The lowest BCUT2D eigenvalue weighted by Crippen LogP contribution is -2.51. The average molecular weight is 334 g/mol. The molecule has 0 radical (unpaired) electrons. The normalized spacial score (nSPS) is 17.2. The van der Waals surface area contributed by atoms with Crippen LogP contribution in [-0.2, 0) is 14.3 Å².